The van der Waals surface area contributed by atoms with Gasteiger partial charge in [0, 0.05) is 10.7 Å². The lowest BCUT2D eigenvalue weighted by atomic mass is 10.1. The van der Waals surface area contributed by atoms with E-state index in [0.29, 0.717) is 6.54 Å². The molecular weight excluding hydrogens is 414 g/mol. The van der Waals surface area contributed by atoms with Crippen molar-refractivity contribution in [2.24, 2.45) is 0 Å². The Hall–Kier alpha value is -2.76. The maximum atomic E-state index is 12.5. The Bertz CT molecular complexity index is 1220. The number of nitrogens with one attached hydrogen (secondary N) is 1. The number of fused-ring (bicyclic) bond motifs is 1. The van der Waals surface area contributed by atoms with Crippen LogP contribution in [0.5, 0.6) is 0 Å². The highest BCUT2D eigenvalue weighted by atomic mass is 35.5. The molecule has 0 unspecified atom stereocenters. The number of thioether (sulfide) groups is 1. The Morgan fingerprint density at radius 2 is 1.80 bits per heavy atom. The predicted octanol–water partition coefficient (Wildman–Crippen LogP) is 6.09. The van der Waals surface area contributed by atoms with Crippen molar-refractivity contribution in [3.8, 4) is 0 Å². The minimum absolute atomic E-state index is 0.0559. The van der Waals surface area contributed by atoms with Crippen LogP contribution in [-0.4, -0.2) is 21.2 Å². The van der Waals surface area contributed by atoms with Crippen molar-refractivity contribution in [1.82, 2.24) is 9.55 Å². The molecule has 1 heterocycles. The van der Waals surface area contributed by atoms with Crippen LogP contribution >= 0.6 is 23.4 Å². The number of aryl methyl sites for hydroxylation is 2. The summed E-state index contributed by atoms with van der Waals surface area (Å²) >= 11 is 7.81. The molecule has 4 aromatic rings. The lowest BCUT2D eigenvalue weighted by Gasteiger charge is -2.11. The Labute approximate surface area is 185 Å². The van der Waals surface area contributed by atoms with E-state index in [2.05, 4.69) is 16.8 Å². The molecule has 4 nitrogen and oxygen atoms in total. The number of amides is 1. The number of aromatic nitrogens is 2. The molecule has 4 rings (SSSR count). The average molecular weight is 436 g/mol. The third-order valence-electron chi connectivity index (χ3n) is 5.03. The lowest BCUT2D eigenvalue weighted by Crippen LogP contribution is -2.15. The average Bonchev–Trinajstić information content (AvgIpc) is 3.08. The van der Waals surface area contributed by atoms with Gasteiger partial charge in [0.05, 0.1) is 23.3 Å². The molecule has 1 aromatic heterocycles. The third kappa shape index (κ3) is 4.53. The second kappa shape index (κ2) is 8.94. The summed E-state index contributed by atoms with van der Waals surface area (Å²) in [6.07, 6.45) is 0. The number of hydrogen-bond donors (Lipinski definition) is 1. The van der Waals surface area contributed by atoms with Crippen molar-refractivity contribution in [1.29, 1.82) is 0 Å². The maximum Gasteiger partial charge on any atom is 0.234 e. The number of rotatable bonds is 6. The SMILES string of the molecule is Cc1ccc(NC(=O)CSc2nc3ccccc3n2Cc2ccccc2Cl)cc1C. The van der Waals surface area contributed by atoms with Gasteiger partial charge in [0.1, 0.15) is 0 Å². The van der Waals surface area contributed by atoms with Gasteiger partial charge in [-0.25, -0.2) is 4.98 Å². The molecule has 0 aliphatic carbocycles. The van der Waals surface area contributed by atoms with Gasteiger partial charge in [0.25, 0.3) is 0 Å². The Morgan fingerprint density at radius 3 is 2.60 bits per heavy atom. The van der Waals surface area contributed by atoms with Crippen LogP contribution in [0.3, 0.4) is 0 Å². The first-order chi connectivity index (χ1) is 14.5. The number of anilines is 1. The van der Waals surface area contributed by atoms with Crippen LogP contribution in [0.15, 0.2) is 71.9 Å². The molecule has 0 bridgehead atoms. The zero-order valence-corrected chi connectivity index (χ0v) is 18.4. The minimum Gasteiger partial charge on any atom is -0.325 e. The van der Waals surface area contributed by atoms with Gasteiger partial charge >= 0.3 is 0 Å². The second-order valence-corrected chi connectivity index (χ2v) is 8.55. The molecule has 152 valence electrons. The van der Waals surface area contributed by atoms with Crippen LogP contribution in [0.2, 0.25) is 5.02 Å². The Balaban J connectivity index is 1.54. The fraction of sp³-hybridized carbons (Fsp3) is 0.167. The van der Waals surface area contributed by atoms with Gasteiger partial charge in [-0.15, -0.1) is 0 Å². The van der Waals surface area contributed by atoms with Gasteiger partial charge in [0.15, 0.2) is 5.16 Å². The number of para-hydroxylation sites is 2. The monoisotopic (exact) mass is 435 g/mol. The molecule has 0 aliphatic rings. The minimum atomic E-state index is -0.0559. The molecule has 6 heteroatoms. The molecular formula is C24H22ClN3OS. The van der Waals surface area contributed by atoms with Crippen LogP contribution in [0, 0.1) is 13.8 Å². The molecule has 0 atom stereocenters. The lowest BCUT2D eigenvalue weighted by molar-refractivity contribution is -0.113. The molecule has 1 amide bonds. The Morgan fingerprint density at radius 1 is 1.03 bits per heavy atom. The molecule has 0 aliphatic heterocycles. The Kier molecular flexibility index (Phi) is 6.11. The van der Waals surface area contributed by atoms with Crippen LogP contribution in [0.1, 0.15) is 16.7 Å². The van der Waals surface area contributed by atoms with Gasteiger partial charge in [-0.05, 0) is 60.9 Å². The van der Waals surface area contributed by atoms with Crippen LogP contribution in [0.4, 0.5) is 5.69 Å². The maximum absolute atomic E-state index is 12.5. The quantitative estimate of drug-likeness (QED) is 0.373. The van der Waals surface area contributed by atoms with Crippen molar-refractivity contribution in [3.05, 3.63) is 88.4 Å². The topological polar surface area (TPSA) is 46.9 Å². The fourth-order valence-electron chi connectivity index (χ4n) is 3.26. The fourth-order valence-corrected chi connectivity index (χ4v) is 4.27. The predicted molar refractivity (Wildman–Crippen MR) is 126 cm³/mol. The summed E-state index contributed by atoms with van der Waals surface area (Å²) < 4.78 is 2.12. The largest absolute Gasteiger partial charge is 0.325 e. The van der Waals surface area contributed by atoms with E-state index in [1.165, 1.54) is 17.3 Å². The summed E-state index contributed by atoms with van der Waals surface area (Å²) in [6, 6.07) is 21.7. The van der Waals surface area contributed by atoms with Crippen molar-refractivity contribution >= 4 is 46.0 Å². The van der Waals surface area contributed by atoms with Crippen LogP contribution in [-0.2, 0) is 11.3 Å². The molecule has 30 heavy (non-hydrogen) atoms. The second-order valence-electron chi connectivity index (χ2n) is 7.20. The zero-order valence-electron chi connectivity index (χ0n) is 16.9. The van der Waals surface area contributed by atoms with E-state index in [4.69, 9.17) is 16.6 Å². The number of carbonyl (C=O) groups is 1. The molecule has 0 spiro atoms. The normalized spacial score (nSPS) is 11.0. The smallest absolute Gasteiger partial charge is 0.234 e. The number of hydrogen-bond acceptors (Lipinski definition) is 3. The molecule has 0 saturated heterocycles. The number of imidazole rings is 1. The molecule has 0 fully saturated rings. The number of halogens is 1. The molecule has 0 radical (unpaired) electrons. The van der Waals surface area contributed by atoms with Crippen LogP contribution in [0.25, 0.3) is 11.0 Å². The van der Waals surface area contributed by atoms with E-state index in [-0.39, 0.29) is 11.7 Å². The summed E-state index contributed by atoms with van der Waals surface area (Å²) in [7, 11) is 0. The molecule has 1 N–H and O–H groups in total. The number of benzene rings is 3. The number of nitrogens with zero attached hydrogens (tertiary/aromatic N) is 2. The highest BCUT2D eigenvalue weighted by Gasteiger charge is 2.14. The summed E-state index contributed by atoms with van der Waals surface area (Å²) in [5.74, 6) is 0.221. The first-order valence-electron chi connectivity index (χ1n) is 9.70. The first kappa shape index (κ1) is 20.5. The van der Waals surface area contributed by atoms with E-state index in [1.807, 2.05) is 73.7 Å². The summed E-state index contributed by atoms with van der Waals surface area (Å²) in [5, 5.41) is 4.49. The van der Waals surface area contributed by atoms with Gasteiger partial charge in [-0.3, -0.25) is 4.79 Å². The third-order valence-corrected chi connectivity index (χ3v) is 6.37. The highest BCUT2D eigenvalue weighted by Crippen LogP contribution is 2.27. The van der Waals surface area contributed by atoms with Crippen molar-refractivity contribution < 1.29 is 4.79 Å². The number of carbonyl (C=O) groups excluding carboxylic acids is 1. The summed E-state index contributed by atoms with van der Waals surface area (Å²) in [6.45, 7) is 4.69. The van der Waals surface area contributed by atoms with Crippen molar-refractivity contribution in [2.45, 2.75) is 25.5 Å². The molecule has 0 saturated carbocycles. The van der Waals surface area contributed by atoms with Crippen molar-refractivity contribution in [3.63, 3.8) is 0 Å². The first-order valence-corrected chi connectivity index (χ1v) is 11.1. The van der Waals surface area contributed by atoms with Crippen LogP contribution < -0.4 is 5.32 Å². The van der Waals surface area contributed by atoms with E-state index in [1.54, 1.807) is 0 Å². The highest BCUT2D eigenvalue weighted by molar-refractivity contribution is 7.99. The van der Waals surface area contributed by atoms with E-state index in [9.17, 15) is 4.79 Å². The molecule has 3 aromatic carbocycles. The zero-order chi connectivity index (χ0) is 21.1. The standard InChI is InChI=1S/C24H22ClN3OS/c1-16-11-12-19(13-17(16)2)26-23(29)15-30-24-27-21-9-5-6-10-22(21)28(24)14-18-7-3-4-8-20(18)25/h3-13H,14-15H2,1-2H3,(H,26,29). The van der Waals surface area contributed by atoms with E-state index in [0.717, 1.165) is 38.0 Å². The van der Waals surface area contributed by atoms with Gasteiger partial charge in [-0.2, -0.15) is 0 Å². The van der Waals surface area contributed by atoms with Gasteiger partial charge in [0.2, 0.25) is 5.91 Å². The van der Waals surface area contributed by atoms with Gasteiger partial charge in [-0.1, -0.05) is 59.8 Å². The van der Waals surface area contributed by atoms with Crippen molar-refractivity contribution in [2.75, 3.05) is 11.1 Å². The summed E-state index contributed by atoms with van der Waals surface area (Å²) in [4.78, 5) is 17.3. The van der Waals surface area contributed by atoms with E-state index < -0.39 is 0 Å². The van der Waals surface area contributed by atoms with Gasteiger partial charge < -0.3 is 9.88 Å². The summed E-state index contributed by atoms with van der Waals surface area (Å²) in [5.41, 5.74) is 6.12. The van der Waals surface area contributed by atoms with E-state index >= 15 is 0 Å².